The van der Waals surface area contributed by atoms with E-state index in [0.717, 1.165) is 12.8 Å². The van der Waals surface area contributed by atoms with Crippen LogP contribution >= 0.6 is 0 Å². The Labute approximate surface area is 119 Å². The van der Waals surface area contributed by atoms with Crippen LogP contribution in [0.2, 0.25) is 0 Å². The lowest BCUT2D eigenvalue weighted by Gasteiger charge is -2.21. The van der Waals surface area contributed by atoms with Crippen LogP contribution in [0.3, 0.4) is 0 Å². The molecule has 0 aliphatic rings. The zero-order valence-electron chi connectivity index (χ0n) is 12.3. The number of primary sulfonamides is 1. The number of furan rings is 1. The third-order valence-electron chi connectivity index (χ3n) is 3.52. The molecule has 0 radical (unpaired) electrons. The van der Waals surface area contributed by atoms with Gasteiger partial charge in [-0.1, -0.05) is 26.7 Å². The van der Waals surface area contributed by atoms with Crippen LogP contribution < -0.4 is 10.5 Å². The molecule has 0 bridgehead atoms. The van der Waals surface area contributed by atoms with E-state index in [1.807, 2.05) is 6.92 Å². The number of nitrogens with two attached hydrogens (primary N) is 1. The quantitative estimate of drug-likeness (QED) is 0.836. The van der Waals surface area contributed by atoms with Gasteiger partial charge in [-0.25, -0.2) is 13.6 Å². The minimum absolute atomic E-state index is 0.0131. The Hall–Kier alpha value is -1.34. The SMILES string of the molecule is CCC(CC)C(C)NC(=O)c1cc(S(N)(=O)=O)c(C)o1. The Morgan fingerprint density at radius 2 is 1.95 bits per heavy atom. The second-order valence-corrected chi connectivity index (χ2v) is 6.44. The van der Waals surface area contributed by atoms with Gasteiger partial charge in [0.25, 0.3) is 5.91 Å². The molecule has 1 unspecified atom stereocenters. The first-order chi connectivity index (χ1) is 9.20. The summed E-state index contributed by atoms with van der Waals surface area (Å²) in [5.41, 5.74) is 0. The number of rotatable bonds is 6. The minimum atomic E-state index is -3.87. The second kappa shape index (κ2) is 6.41. The maximum absolute atomic E-state index is 12.0. The number of sulfonamides is 1. The number of nitrogens with one attached hydrogen (secondary N) is 1. The third-order valence-corrected chi connectivity index (χ3v) is 4.54. The van der Waals surface area contributed by atoms with E-state index in [1.54, 1.807) is 0 Å². The molecule has 7 heteroatoms. The third kappa shape index (κ3) is 3.83. The number of hydrogen-bond acceptors (Lipinski definition) is 4. The summed E-state index contributed by atoms with van der Waals surface area (Å²) < 4.78 is 27.8. The predicted octanol–water partition coefficient (Wildman–Crippen LogP) is 1.79. The second-order valence-electron chi connectivity index (χ2n) is 4.91. The zero-order valence-corrected chi connectivity index (χ0v) is 13.1. The molecule has 0 aliphatic heterocycles. The highest BCUT2D eigenvalue weighted by atomic mass is 32.2. The fourth-order valence-electron chi connectivity index (χ4n) is 2.25. The molecule has 1 rings (SSSR count). The maximum atomic E-state index is 12.0. The molecule has 1 aromatic rings. The van der Waals surface area contributed by atoms with E-state index in [-0.39, 0.29) is 22.5 Å². The van der Waals surface area contributed by atoms with Crippen molar-refractivity contribution < 1.29 is 17.6 Å². The van der Waals surface area contributed by atoms with Crippen molar-refractivity contribution in [2.24, 2.45) is 11.1 Å². The monoisotopic (exact) mass is 302 g/mol. The Balaban J connectivity index is 2.89. The van der Waals surface area contributed by atoms with Gasteiger partial charge in [-0.05, 0) is 19.8 Å². The lowest BCUT2D eigenvalue weighted by Crippen LogP contribution is -2.37. The number of carbonyl (C=O) groups excluding carboxylic acids is 1. The van der Waals surface area contributed by atoms with E-state index in [1.165, 1.54) is 13.0 Å². The van der Waals surface area contributed by atoms with Crippen molar-refractivity contribution in [2.45, 2.75) is 51.5 Å². The predicted molar refractivity (Wildman–Crippen MR) is 75.8 cm³/mol. The topological polar surface area (TPSA) is 102 Å². The van der Waals surface area contributed by atoms with E-state index in [9.17, 15) is 13.2 Å². The largest absolute Gasteiger partial charge is 0.455 e. The van der Waals surface area contributed by atoms with Crippen LogP contribution in [0.1, 0.15) is 49.9 Å². The summed E-state index contributed by atoms with van der Waals surface area (Å²) in [6.45, 7) is 7.51. The normalized spacial score (nSPS) is 13.5. The van der Waals surface area contributed by atoms with Crippen molar-refractivity contribution in [3.05, 3.63) is 17.6 Å². The molecule has 1 amide bonds. The molecule has 0 aromatic carbocycles. The van der Waals surface area contributed by atoms with Crippen molar-refractivity contribution >= 4 is 15.9 Å². The van der Waals surface area contributed by atoms with Crippen molar-refractivity contribution in [2.75, 3.05) is 0 Å². The molecule has 1 atom stereocenters. The fraction of sp³-hybridized carbons (Fsp3) is 0.615. The van der Waals surface area contributed by atoms with E-state index < -0.39 is 15.9 Å². The van der Waals surface area contributed by atoms with E-state index >= 15 is 0 Å². The van der Waals surface area contributed by atoms with E-state index in [0.29, 0.717) is 5.92 Å². The molecular formula is C13H22N2O4S. The smallest absolute Gasteiger partial charge is 0.287 e. The highest BCUT2D eigenvalue weighted by Gasteiger charge is 2.23. The summed E-state index contributed by atoms with van der Waals surface area (Å²) in [6, 6.07) is 1.15. The molecule has 114 valence electrons. The number of amides is 1. The molecule has 0 fully saturated rings. The Morgan fingerprint density at radius 3 is 2.35 bits per heavy atom. The van der Waals surface area contributed by atoms with Crippen molar-refractivity contribution in [1.82, 2.24) is 5.32 Å². The lowest BCUT2D eigenvalue weighted by molar-refractivity contribution is 0.0895. The number of aryl methyl sites for hydroxylation is 1. The fourth-order valence-corrected chi connectivity index (χ4v) is 2.96. The van der Waals surface area contributed by atoms with Crippen LogP contribution in [-0.2, 0) is 10.0 Å². The molecule has 1 aromatic heterocycles. The van der Waals surface area contributed by atoms with Gasteiger partial charge in [-0.3, -0.25) is 4.79 Å². The van der Waals surface area contributed by atoms with Gasteiger partial charge in [-0.2, -0.15) is 0 Å². The first-order valence-corrected chi connectivity index (χ1v) is 8.19. The Morgan fingerprint density at radius 1 is 1.40 bits per heavy atom. The van der Waals surface area contributed by atoms with Crippen LogP contribution in [0.5, 0.6) is 0 Å². The average molecular weight is 302 g/mol. The summed E-state index contributed by atoms with van der Waals surface area (Å²) >= 11 is 0. The van der Waals surface area contributed by atoms with Gasteiger partial charge in [0.15, 0.2) is 5.76 Å². The van der Waals surface area contributed by atoms with E-state index in [2.05, 4.69) is 19.2 Å². The van der Waals surface area contributed by atoms with Crippen molar-refractivity contribution in [3.63, 3.8) is 0 Å². The molecular weight excluding hydrogens is 280 g/mol. The van der Waals surface area contributed by atoms with Gasteiger partial charge >= 0.3 is 0 Å². The summed E-state index contributed by atoms with van der Waals surface area (Å²) in [6.07, 6.45) is 1.91. The number of carbonyl (C=O) groups is 1. The van der Waals surface area contributed by atoms with Crippen LogP contribution in [0.15, 0.2) is 15.4 Å². The van der Waals surface area contributed by atoms with Gasteiger partial charge in [0, 0.05) is 12.1 Å². The van der Waals surface area contributed by atoms with Gasteiger partial charge in [-0.15, -0.1) is 0 Å². The van der Waals surface area contributed by atoms with Crippen molar-refractivity contribution in [3.8, 4) is 0 Å². The highest BCUT2D eigenvalue weighted by Crippen LogP contribution is 2.19. The maximum Gasteiger partial charge on any atom is 0.287 e. The summed E-state index contributed by atoms with van der Waals surface area (Å²) in [7, 11) is -3.87. The lowest BCUT2D eigenvalue weighted by atomic mass is 9.95. The van der Waals surface area contributed by atoms with Crippen LogP contribution in [0.25, 0.3) is 0 Å². The highest BCUT2D eigenvalue weighted by molar-refractivity contribution is 7.89. The van der Waals surface area contributed by atoms with Gasteiger partial charge in [0.1, 0.15) is 10.7 Å². The molecule has 6 nitrogen and oxygen atoms in total. The molecule has 3 N–H and O–H groups in total. The van der Waals surface area contributed by atoms with Crippen LogP contribution in [-0.4, -0.2) is 20.4 Å². The zero-order chi connectivity index (χ0) is 15.5. The van der Waals surface area contributed by atoms with E-state index in [4.69, 9.17) is 9.56 Å². The first-order valence-electron chi connectivity index (χ1n) is 6.64. The number of hydrogen-bond donors (Lipinski definition) is 2. The van der Waals surface area contributed by atoms with Gasteiger partial charge < -0.3 is 9.73 Å². The first kappa shape index (κ1) is 16.7. The van der Waals surface area contributed by atoms with Crippen LogP contribution in [0, 0.1) is 12.8 Å². The minimum Gasteiger partial charge on any atom is -0.455 e. The van der Waals surface area contributed by atoms with Crippen molar-refractivity contribution in [1.29, 1.82) is 0 Å². The summed E-state index contributed by atoms with van der Waals surface area (Å²) in [4.78, 5) is 11.9. The van der Waals surface area contributed by atoms with Gasteiger partial charge in [0.05, 0.1) is 0 Å². The molecule has 0 aliphatic carbocycles. The molecule has 0 saturated heterocycles. The van der Waals surface area contributed by atoms with Crippen LogP contribution in [0.4, 0.5) is 0 Å². The molecule has 0 saturated carbocycles. The summed E-state index contributed by atoms with van der Waals surface area (Å²) in [5.74, 6) is 0.0206. The standard InChI is InChI=1S/C13H22N2O4S/c1-5-10(6-2)8(3)15-13(16)11-7-12(9(4)19-11)20(14,17)18/h7-8,10H,5-6H2,1-4H3,(H,15,16)(H2,14,17,18). The molecule has 20 heavy (non-hydrogen) atoms. The molecule has 0 spiro atoms. The molecule has 1 heterocycles. The summed E-state index contributed by atoms with van der Waals surface area (Å²) in [5, 5.41) is 7.87. The average Bonchev–Trinajstić information content (AvgIpc) is 2.72. The van der Waals surface area contributed by atoms with Gasteiger partial charge in [0.2, 0.25) is 10.0 Å². The Kier molecular flexibility index (Phi) is 5.35. The Bertz CT molecular complexity index is 573.